The van der Waals surface area contributed by atoms with Gasteiger partial charge in [0.2, 0.25) is 0 Å². The van der Waals surface area contributed by atoms with Crippen molar-refractivity contribution in [3.63, 3.8) is 0 Å². The largest absolute Gasteiger partial charge is 0.493 e. The van der Waals surface area contributed by atoms with E-state index in [0.717, 1.165) is 11.1 Å². The zero-order valence-electron chi connectivity index (χ0n) is 15.4. The Morgan fingerprint density at radius 2 is 1.81 bits per heavy atom. The van der Waals surface area contributed by atoms with Crippen LogP contribution in [0.15, 0.2) is 42.5 Å². The minimum absolute atomic E-state index is 0.167. The van der Waals surface area contributed by atoms with E-state index in [2.05, 4.69) is 5.32 Å². The van der Waals surface area contributed by atoms with Crippen LogP contribution >= 0.6 is 0 Å². The van der Waals surface area contributed by atoms with Gasteiger partial charge in [-0.2, -0.15) is 0 Å². The van der Waals surface area contributed by atoms with E-state index in [9.17, 15) is 9.18 Å². The third kappa shape index (κ3) is 5.65. The molecular weight excluding hydrogens is 335 g/mol. The quantitative estimate of drug-likeness (QED) is 0.782. The van der Waals surface area contributed by atoms with Crippen LogP contribution in [0.25, 0.3) is 0 Å². The summed E-state index contributed by atoms with van der Waals surface area (Å²) < 4.78 is 23.7. The number of nitrogens with one attached hydrogen (secondary N) is 1. The van der Waals surface area contributed by atoms with Crippen LogP contribution in [-0.4, -0.2) is 38.2 Å². The Labute approximate surface area is 153 Å². The summed E-state index contributed by atoms with van der Waals surface area (Å²) in [4.78, 5) is 13.8. The first kappa shape index (κ1) is 19.6. The molecule has 0 aliphatic rings. The van der Waals surface area contributed by atoms with E-state index in [1.165, 1.54) is 12.1 Å². The molecule has 0 atom stereocenters. The van der Waals surface area contributed by atoms with Gasteiger partial charge < -0.3 is 19.7 Å². The number of rotatable bonds is 8. The van der Waals surface area contributed by atoms with E-state index in [1.54, 1.807) is 31.2 Å². The molecule has 0 aliphatic heterocycles. The number of carbonyl (C=O) groups excluding carboxylic acids is 1. The smallest absolute Gasteiger partial charge is 0.317 e. The fraction of sp³-hybridized carbons (Fsp3) is 0.350. The van der Waals surface area contributed by atoms with Crippen LogP contribution in [0.1, 0.15) is 18.1 Å². The molecule has 2 amide bonds. The number of hydrogen-bond donors (Lipinski definition) is 1. The molecule has 1 N–H and O–H groups in total. The van der Waals surface area contributed by atoms with Gasteiger partial charge in [-0.05, 0) is 48.7 Å². The van der Waals surface area contributed by atoms with Crippen LogP contribution < -0.4 is 14.8 Å². The molecule has 0 radical (unpaired) electrons. The van der Waals surface area contributed by atoms with Crippen molar-refractivity contribution in [2.75, 3.05) is 27.3 Å². The number of amides is 2. The summed E-state index contributed by atoms with van der Waals surface area (Å²) >= 11 is 0. The summed E-state index contributed by atoms with van der Waals surface area (Å²) in [5, 5.41) is 2.86. The van der Waals surface area contributed by atoms with Gasteiger partial charge in [0.05, 0.1) is 13.7 Å². The molecule has 2 aromatic rings. The van der Waals surface area contributed by atoms with E-state index in [0.29, 0.717) is 37.6 Å². The lowest BCUT2D eigenvalue weighted by Crippen LogP contribution is -2.37. The topological polar surface area (TPSA) is 50.8 Å². The molecule has 2 rings (SSSR count). The fourth-order valence-electron chi connectivity index (χ4n) is 2.53. The highest BCUT2D eigenvalue weighted by Gasteiger charge is 2.11. The van der Waals surface area contributed by atoms with Crippen molar-refractivity contribution < 1.29 is 18.7 Å². The maximum Gasteiger partial charge on any atom is 0.317 e. The maximum absolute atomic E-state index is 12.9. The van der Waals surface area contributed by atoms with Crippen molar-refractivity contribution >= 4 is 6.03 Å². The molecule has 0 saturated heterocycles. The van der Waals surface area contributed by atoms with Gasteiger partial charge in [0, 0.05) is 20.1 Å². The first-order valence-corrected chi connectivity index (χ1v) is 8.56. The highest BCUT2D eigenvalue weighted by Crippen LogP contribution is 2.28. The number of hydrogen-bond acceptors (Lipinski definition) is 3. The Morgan fingerprint density at radius 1 is 1.12 bits per heavy atom. The highest BCUT2D eigenvalue weighted by molar-refractivity contribution is 5.73. The van der Waals surface area contributed by atoms with Gasteiger partial charge in [-0.25, -0.2) is 9.18 Å². The minimum atomic E-state index is -0.261. The number of urea groups is 1. The van der Waals surface area contributed by atoms with E-state index in [-0.39, 0.29) is 11.8 Å². The molecule has 0 spiro atoms. The summed E-state index contributed by atoms with van der Waals surface area (Å²) in [6.45, 7) is 3.41. The Hall–Kier alpha value is -2.76. The van der Waals surface area contributed by atoms with E-state index >= 15 is 0 Å². The third-order valence-corrected chi connectivity index (χ3v) is 3.90. The summed E-state index contributed by atoms with van der Waals surface area (Å²) in [7, 11) is 3.32. The van der Waals surface area contributed by atoms with E-state index in [1.807, 2.05) is 25.1 Å². The van der Waals surface area contributed by atoms with Gasteiger partial charge in [-0.3, -0.25) is 0 Å². The van der Waals surface area contributed by atoms with Crippen molar-refractivity contribution in [1.29, 1.82) is 0 Å². The van der Waals surface area contributed by atoms with Crippen molar-refractivity contribution in [3.05, 3.63) is 59.4 Å². The van der Waals surface area contributed by atoms with Crippen molar-refractivity contribution in [1.82, 2.24) is 10.2 Å². The molecule has 0 bridgehead atoms. The first-order valence-electron chi connectivity index (χ1n) is 8.56. The lowest BCUT2D eigenvalue weighted by Gasteiger charge is -2.19. The van der Waals surface area contributed by atoms with E-state index in [4.69, 9.17) is 9.47 Å². The second kappa shape index (κ2) is 9.65. The van der Waals surface area contributed by atoms with Crippen LogP contribution in [-0.2, 0) is 13.0 Å². The average molecular weight is 360 g/mol. The first-order chi connectivity index (χ1) is 12.5. The normalized spacial score (nSPS) is 10.3. The van der Waals surface area contributed by atoms with Gasteiger partial charge in [0.15, 0.2) is 11.5 Å². The van der Waals surface area contributed by atoms with Gasteiger partial charge >= 0.3 is 6.03 Å². The van der Waals surface area contributed by atoms with Gasteiger partial charge in [0.1, 0.15) is 5.82 Å². The maximum atomic E-state index is 12.9. The molecular formula is C20H25FN2O3. The number of nitrogens with zero attached hydrogens (tertiary/aromatic N) is 1. The van der Waals surface area contributed by atoms with Crippen LogP contribution in [0.5, 0.6) is 11.5 Å². The summed E-state index contributed by atoms with van der Waals surface area (Å²) in [6.07, 6.45) is 0.650. The molecule has 140 valence electrons. The van der Waals surface area contributed by atoms with E-state index < -0.39 is 0 Å². The third-order valence-electron chi connectivity index (χ3n) is 3.90. The molecule has 0 aliphatic carbocycles. The zero-order chi connectivity index (χ0) is 18.9. The SMILES string of the molecule is CCOc1ccc(CN(C)C(=O)NCCc2ccc(F)cc2)cc1OC. The Kier molecular flexibility index (Phi) is 7.26. The standard InChI is InChI=1S/C20H25FN2O3/c1-4-26-18-10-7-16(13-19(18)25-3)14-23(2)20(24)22-12-11-15-5-8-17(21)9-6-15/h5-10,13H,4,11-12,14H2,1-3H3,(H,22,24). The lowest BCUT2D eigenvalue weighted by molar-refractivity contribution is 0.207. The predicted molar refractivity (Wildman–Crippen MR) is 99.1 cm³/mol. The van der Waals surface area contributed by atoms with Crippen LogP contribution in [0.4, 0.5) is 9.18 Å². The highest BCUT2D eigenvalue weighted by atomic mass is 19.1. The summed E-state index contributed by atoms with van der Waals surface area (Å²) in [5.41, 5.74) is 1.92. The summed E-state index contributed by atoms with van der Waals surface area (Å²) in [5.74, 6) is 1.07. The molecule has 0 unspecified atom stereocenters. The number of carbonyl (C=O) groups is 1. The van der Waals surface area contributed by atoms with Crippen LogP contribution in [0.3, 0.4) is 0 Å². The van der Waals surface area contributed by atoms with Crippen molar-refractivity contribution in [2.45, 2.75) is 19.9 Å². The monoisotopic (exact) mass is 360 g/mol. The second-order valence-corrected chi connectivity index (χ2v) is 5.88. The van der Waals surface area contributed by atoms with Crippen molar-refractivity contribution in [2.24, 2.45) is 0 Å². The number of halogens is 1. The second-order valence-electron chi connectivity index (χ2n) is 5.88. The molecule has 0 fully saturated rings. The number of methoxy groups -OCH3 is 1. The van der Waals surface area contributed by atoms with Crippen LogP contribution in [0, 0.1) is 5.82 Å². The van der Waals surface area contributed by atoms with Crippen molar-refractivity contribution in [3.8, 4) is 11.5 Å². The minimum Gasteiger partial charge on any atom is -0.493 e. The van der Waals surface area contributed by atoms with Crippen LogP contribution in [0.2, 0.25) is 0 Å². The Balaban J connectivity index is 1.85. The molecule has 0 heterocycles. The molecule has 0 aromatic heterocycles. The number of benzene rings is 2. The lowest BCUT2D eigenvalue weighted by atomic mass is 10.1. The molecule has 0 saturated carbocycles. The van der Waals surface area contributed by atoms with Gasteiger partial charge in [-0.15, -0.1) is 0 Å². The molecule has 6 heteroatoms. The van der Waals surface area contributed by atoms with Gasteiger partial charge in [-0.1, -0.05) is 18.2 Å². The molecule has 5 nitrogen and oxygen atoms in total. The molecule has 26 heavy (non-hydrogen) atoms. The molecule has 2 aromatic carbocycles. The van der Waals surface area contributed by atoms with Gasteiger partial charge in [0.25, 0.3) is 0 Å². The number of ether oxygens (including phenoxy) is 2. The predicted octanol–water partition coefficient (Wildman–Crippen LogP) is 3.62. The Morgan fingerprint density at radius 3 is 2.46 bits per heavy atom. The summed E-state index contributed by atoms with van der Waals surface area (Å²) in [6, 6.07) is 11.7. The zero-order valence-corrected chi connectivity index (χ0v) is 15.4. The Bertz CT molecular complexity index is 719. The fourth-order valence-corrected chi connectivity index (χ4v) is 2.53. The average Bonchev–Trinajstić information content (AvgIpc) is 2.64.